The first kappa shape index (κ1) is 13.7. The largest absolute Gasteiger partial charge is 0.455 e. The number of benzene rings is 9. The molecule has 0 spiro atoms. The number of furan rings is 1. The van der Waals surface area contributed by atoms with Crippen LogP contribution in [0.15, 0.2) is 204 Å². The Balaban J connectivity index is 1.48. The van der Waals surface area contributed by atoms with Gasteiger partial charge < -0.3 is 9.32 Å². The van der Waals surface area contributed by atoms with Crippen LogP contribution in [-0.4, -0.2) is 0 Å². The number of hydrogen-bond acceptors (Lipinski definition) is 2. The maximum absolute atomic E-state index is 10.1. The molecule has 0 bridgehead atoms. The van der Waals surface area contributed by atoms with Gasteiger partial charge in [-0.25, -0.2) is 0 Å². The summed E-state index contributed by atoms with van der Waals surface area (Å²) in [5, 5.41) is -0.329. The molecule has 0 aliphatic carbocycles. The summed E-state index contributed by atoms with van der Waals surface area (Å²) in [4.78, 5) is 0.504. The third-order valence-electron chi connectivity index (χ3n) is 8.35. The summed E-state index contributed by atoms with van der Waals surface area (Å²) >= 11 is 0. The molecule has 1 heterocycles. The molecule has 0 aliphatic heterocycles. The van der Waals surface area contributed by atoms with Gasteiger partial charge in [-0.2, -0.15) is 0 Å². The number of hydrogen-bond donors (Lipinski definition) is 0. The molecule has 2 nitrogen and oxygen atoms in total. The average Bonchev–Trinajstić information content (AvgIpc) is 3.94. The van der Waals surface area contributed by atoms with Crippen LogP contribution in [0.25, 0.3) is 76.9 Å². The molecule has 1 aromatic heterocycles. The maximum atomic E-state index is 10.1. The first-order valence-electron chi connectivity index (χ1n) is 28.6. The number of rotatable bonds is 6. The molecule has 0 fully saturated rings. The molecule has 0 saturated heterocycles. The zero-order chi connectivity index (χ0) is 57.1. The van der Waals surface area contributed by atoms with E-state index in [9.17, 15) is 17.8 Å². The summed E-state index contributed by atoms with van der Waals surface area (Å²) in [6.45, 7) is 0. The predicted molar refractivity (Wildman–Crippen MR) is 220 cm³/mol. The second-order valence-electron chi connectivity index (χ2n) is 11.3. The lowest BCUT2D eigenvalue weighted by molar-refractivity contribution is 0.672. The molecule has 10 aromatic rings. The summed E-state index contributed by atoms with van der Waals surface area (Å²) in [6.07, 6.45) is 0. The lowest BCUT2D eigenvalue weighted by Gasteiger charge is -2.27. The minimum Gasteiger partial charge on any atom is -0.455 e. The summed E-state index contributed by atoms with van der Waals surface area (Å²) in [5.74, 6) is 0. The average molecular weight is 690 g/mol. The second-order valence-corrected chi connectivity index (χ2v) is 11.3. The molecule has 0 radical (unpaired) electrons. The molecule has 0 amide bonds. The molecule has 0 unspecified atom stereocenters. The molecular formula is C50H33NO. The van der Waals surface area contributed by atoms with Crippen molar-refractivity contribution in [3.8, 4) is 33.4 Å². The van der Waals surface area contributed by atoms with E-state index in [1.165, 1.54) is 0 Å². The third-order valence-corrected chi connectivity index (χ3v) is 8.35. The van der Waals surface area contributed by atoms with Gasteiger partial charge in [-0.3, -0.25) is 0 Å². The van der Waals surface area contributed by atoms with Gasteiger partial charge in [0.05, 0.1) is 46.7 Å². The zero-order valence-corrected chi connectivity index (χ0v) is 26.4. The van der Waals surface area contributed by atoms with Crippen LogP contribution in [0.1, 0.15) is 35.6 Å². The van der Waals surface area contributed by atoms with Crippen LogP contribution in [0.3, 0.4) is 0 Å². The van der Waals surface area contributed by atoms with Gasteiger partial charge in [-0.05, 0) is 97.9 Å². The van der Waals surface area contributed by atoms with Crippen molar-refractivity contribution in [3.63, 3.8) is 0 Å². The van der Waals surface area contributed by atoms with Gasteiger partial charge in [0.2, 0.25) is 0 Å². The highest BCUT2D eigenvalue weighted by Crippen LogP contribution is 2.47. The molecule has 2 heteroatoms. The molecule has 9 aromatic carbocycles. The van der Waals surface area contributed by atoms with E-state index in [-0.39, 0.29) is 21.9 Å². The van der Waals surface area contributed by atoms with Gasteiger partial charge in [0.25, 0.3) is 0 Å². The van der Waals surface area contributed by atoms with Crippen LogP contribution in [0.5, 0.6) is 0 Å². The first-order chi connectivity index (χ1) is 36.6. The van der Waals surface area contributed by atoms with Gasteiger partial charge in [-0.15, -0.1) is 0 Å². The highest BCUT2D eigenvalue weighted by atomic mass is 16.3. The van der Waals surface area contributed by atoms with Crippen molar-refractivity contribution >= 4 is 60.5 Å². The highest BCUT2D eigenvalue weighted by molar-refractivity contribution is 6.22. The van der Waals surface area contributed by atoms with Crippen molar-refractivity contribution in [2.45, 2.75) is 0 Å². The van der Waals surface area contributed by atoms with Crippen molar-refractivity contribution < 1.29 is 40.1 Å². The molecule has 0 atom stereocenters. The van der Waals surface area contributed by atoms with Gasteiger partial charge in [0, 0.05) is 22.1 Å². The summed E-state index contributed by atoms with van der Waals surface area (Å²) in [7, 11) is 0. The van der Waals surface area contributed by atoms with Crippen LogP contribution in [0, 0.1) is 0 Å². The molecule has 0 N–H and O–H groups in total. The highest BCUT2D eigenvalue weighted by Gasteiger charge is 2.22. The van der Waals surface area contributed by atoms with E-state index < -0.39 is 218 Å². The molecular weight excluding hydrogens is 631 g/mol. The van der Waals surface area contributed by atoms with Crippen molar-refractivity contribution in [3.05, 3.63) is 200 Å². The SMILES string of the molecule is [2H]c1c([2H])c([2H])c(-c2c([2H])c([2H])c(N(c3c([2H])c([2H])c([2H])c(-c4c([2H])c([2H])c([2H])c([2H])c4[2H])c3[2H])c3c([2H])c([2H])c([2H])c4oc5c6c([2H])c([2H])c([2H])c([2H])c6c(-c6ccc7ccccc7c6)c([2H])c5c34)c([2H])c2[2H])c([2H])c1[2H]. The summed E-state index contributed by atoms with van der Waals surface area (Å²) < 4.78 is 242. The van der Waals surface area contributed by atoms with Crippen molar-refractivity contribution in [1.82, 2.24) is 0 Å². The van der Waals surface area contributed by atoms with Gasteiger partial charge in [0.15, 0.2) is 0 Å². The molecule has 244 valence electrons. The second kappa shape index (κ2) is 12.5. The minimum absolute atomic E-state index is 0.159. The molecule has 0 saturated carbocycles. The van der Waals surface area contributed by atoms with Gasteiger partial charge in [-0.1, -0.05) is 151 Å². The normalized spacial score (nSPS) is 18.5. The predicted octanol–water partition coefficient (Wildman–Crippen LogP) is 14.4. The van der Waals surface area contributed by atoms with Crippen LogP contribution in [0.2, 0.25) is 0 Å². The van der Waals surface area contributed by atoms with E-state index in [0.29, 0.717) is 10.3 Å². The Morgan fingerprint density at radius 3 is 1.88 bits per heavy atom. The minimum atomic E-state index is -1.20. The number of anilines is 3. The van der Waals surface area contributed by atoms with Crippen LogP contribution in [-0.2, 0) is 0 Å². The third kappa shape index (κ3) is 5.12. The number of nitrogens with zero attached hydrogens (tertiary/aromatic N) is 1. The Morgan fingerprint density at radius 2 is 1.10 bits per heavy atom. The van der Waals surface area contributed by atoms with E-state index in [4.69, 9.17) is 22.2 Å². The topological polar surface area (TPSA) is 16.4 Å². The fourth-order valence-corrected chi connectivity index (χ4v) is 6.04. The van der Waals surface area contributed by atoms with E-state index in [1.807, 2.05) is 0 Å². The lowest BCUT2D eigenvalue weighted by atomic mass is 9.93. The summed E-state index contributed by atoms with van der Waals surface area (Å²) in [5.41, 5.74) is -7.63. The standard InChI is InChI=1S/C50H33NO/c1-3-13-34(14-4-1)37-27-29-41(30-28-37)51(42-20-11-19-39(32-42)35-15-5-2-6-16-35)47-23-12-24-48-49(47)46-33-45(43-21-9-10-22-44(43)50(46)52-48)40-26-25-36-17-7-8-18-38(36)31-40/h1-33H/i1D,2D,3D,4D,5D,6D,9D,10D,11D,12D,13D,14D,15D,16D,19D,20D,21D,22D,23D,24D,27D,28D,29D,30D,32D,33D. The Labute approximate surface area is 339 Å². The Hall–Kier alpha value is -6.90. The van der Waals surface area contributed by atoms with E-state index in [2.05, 4.69) is 0 Å². The quantitative estimate of drug-likeness (QED) is 0.173. The van der Waals surface area contributed by atoms with Crippen molar-refractivity contribution in [2.24, 2.45) is 0 Å². The van der Waals surface area contributed by atoms with Crippen LogP contribution >= 0.6 is 0 Å². The maximum Gasteiger partial charge on any atom is 0.143 e. The Morgan fingerprint density at radius 1 is 0.442 bits per heavy atom. The smallest absolute Gasteiger partial charge is 0.143 e. The molecule has 10 rings (SSSR count). The van der Waals surface area contributed by atoms with E-state index >= 15 is 0 Å². The van der Waals surface area contributed by atoms with Gasteiger partial charge in [0.1, 0.15) is 11.2 Å². The summed E-state index contributed by atoms with van der Waals surface area (Å²) in [6, 6.07) is -13.0. The first-order valence-corrected chi connectivity index (χ1v) is 15.6. The van der Waals surface area contributed by atoms with Crippen LogP contribution < -0.4 is 4.90 Å². The van der Waals surface area contributed by atoms with Crippen molar-refractivity contribution in [1.29, 1.82) is 0 Å². The Kier molecular flexibility index (Phi) is 3.27. The van der Waals surface area contributed by atoms with E-state index in [0.717, 1.165) is 5.39 Å². The monoisotopic (exact) mass is 689 g/mol. The fraction of sp³-hybridized carbons (Fsp3) is 0. The Bertz CT molecular complexity index is 4330. The fourth-order valence-electron chi connectivity index (χ4n) is 6.04. The van der Waals surface area contributed by atoms with Gasteiger partial charge >= 0.3 is 0 Å². The van der Waals surface area contributed by atoms with E-state index in [1.54, 1.807) is 42.5 Å². The van der Waals surface area contributed by atoms with Crippen molar-refractivity contribution in [2.75, 3.05) is 4.90 Å². The lowest BCUT2D eigenvalue weighted by Crippen LogP contribution is -2.10. The zero-order valence-electron chi connectivity index (χ0n) is 52.4. The molecule has 52 heavy (non-hydrogen) atoms. The molecule has 0 aliphatic rings. The van der Waals surface area contributed by atoms with Crippen LogP contribution in [0.4, 0.5) is 17.1 Å². The number of fused-ring (bicyclic) bond motifs is 6.